The molecule has 2 nitrogen and oxygen atoms in total. The van der Waals surface area contributed by atoms with E-state index in [1.165, 1.54) is 44.8 Å². The summed E-state index contributed by atoms with van der Waals surface area (Å²) >= 11 is 0. The fourth-order valence-electron chi connectivity index (χ4n) is 5.17. The lowest BCUT2D eigenvalue weighted by atomic mass is 9.77. The summed E-state index contributed by atoms with van der Waals surface area (Å²) in [6, 6.07) is 9.59. The van der Waals surface area contributed by atoms with Gasteiger partial charge in [-0.25, -0.2) is 0 Å². The van der Waals surface area contributed by atoms with Gasteiger partial charge in [-0.3, -0.25) is 0 Å². The number of rotatable bonds is 2. The van der Waals surface area contributed by atoms with Gasteiger partial charge in [0.05, 0.1) is 6.67 Å². The molecule has 2 aromatic carbocycles. The van der Waals surface area contributed by atoms with E-state index in [9.17, 15) is 0 Å². The summed E-state index contributed by atoms with van der Waals surface area (Å²) in [5.74, 6) is 0. The molecule has 0 atom stereocenters. The Hall–Kier alpha value is -2.22. The summed E-state index contributed by atoms with van der Waals surface area (Å²) in [7, 11) is 0. The van der Waals surface area contributed by atoms with Crippen LogP contribution < -0.4 is 9.80 Å². The zero-order valence-corrected chi connectivity index (χ0v) is 25.1. The normalized spacial score (nSPS) is 15.4. The van der Waals surface area contributed by atoms with Gasteiger partial charge in [-0.15, -0.1) is 0 Å². The van der Waals surface area contributed by atoms with E-state index in [4.69, 9.17) is 0 Å². The quantitative estimate of drug-likeness (QED) is 0.428. The highest BCUT2D eigenvalue weighted by Gasteiger charge is 2.34. The molecule has 0 aromatic heterocycles. The smallest absolute Gasteiger partial charge is 0.0989 e. The summed E-state index contributed by atoms with van der Waals surface area (Å²) in [6.45, 7) is 33.3. The first-order valence-corrected chi connectivity index (χ1v) is 13.2. The van der Waals surface area contributed by atoms with Gasteiger partial charge in [0.15, 0.2) is 0 Å². The molecule has 192 valence electrons. The second-order valence-corrected chi connectivity index (χ2v) is 14.8. The molecule has 3 rings (SSSR count). The Morgan fingerprint density at radius 1 is 0.457 bits per heavy atom. The van der Waals surface area contributed by atoms with Crippen molar-refractivity contribution in [1.29, 1.82) is 0 Å². The molecule has 0 amide bonds. The second-order valence-electron chi connectivity index (χ2n) is 14.8. The van der Waals surface area contributed by atoms with Crippen molar-refractivity contribution in [2.75, 3.05) is 16.5 Å². The van der Waals surface area contributed by atoms with Crippen molar-refractivity contribution in [3.05, 3.63) is 70.0 Å². The predicted molar refractivity (Wildman–Crippen MR) is 156 cm³/mol. The maximum absolute atomic E-state index is 2.49. The topological polar surface area (TPSA) is 6.48 Å². The van der Waals surface area contributed by atoms with Gasteiger partial charge in [0.25, 0.3) is 0 Å². The van der Waals surface area contributed by atoms with Gasteiger partial charge in [0.2, 0.25) is 0 Å². The molecule has 35 heavy (non-hydrogen) atoms. The zero-order valence-electron chi connectivity index (χ0n) is 25.1. The Balaban J connectivity index is 2.22. The van der Waals surface area contributed by atoms with E-state index in [0.717, 1.165) is 6.67 Å². The molecule has 0 spiro atoms. The van der Waals surface area contributed by atoms with Crippen LogP contribution in [-0.4, -0.2) is 6.67 Å². The monoisotopic (exact) mass is 474 g/mol. The molecule has 1 heterocycles. The molecule has 0 saturated carbocycles. The molecule has 2 heteroatoms. The fraction of sp³-hybridized carbons (Fsp3) is 0.576. The molecule has 0 unspecified atom stereocenters. The highest BCUT2D eigenvalue weighted by molar-refractivity contribution is 5.73. The van der Waals surface area contributed by atoms with Crippen LogP contribution in [0.25, 0.3) is 0 Å². The Labute approximate surface area is 216 Å². The van der Waals surface area contributed by atoms with Crippen molar-refractivity contribution in [2.24, 2.45) is 0 Å². The molecule has 0 N–H and O–H groups in total. The Bertz CT molecular complexity index is 962. The van der Waals surface area contributed by atoms with Crippen LogP contribution in [0.1, 0.15) is 116 Å². The number of hydrogen-bond donors (Lipinski definition) is 0. The summed E-state index contributed by atoms with van der Waals surface area (Å²) in [6.07, 6.45) is 4.60. The third-order valence-electron chi connectivity index (χ3n) is 7.05. The minimum absolute atomic E-state index is 0.0552. The van der Waals surface area contributed by atoms with Crippen molar-refractivity contribution in [3.63, 3.8) is 0 Å². The third kappa shape index (κ3) is 5.63. The lowest BCUT2D eigenvalue weighted by molar-refractivity contribution is 0.564. The molecular weight excluding hydrogens is 424 g/mol. The molecule has 0 bridgehead atoms. The lowest BCUT2D eigenvalue weighted by Gasteiger charge is -2.37. The van der Waals surface area contributed by atoms with E-state index in [1.807, 2.05) is 0 Å². The number of benzene rings is 2. The number of hydrogen-bond acceptors (Lipinski definition) is 2. The van der Waals surface area contributed by atoms with Crippen LogP contribution in [0.5, 0.6) is 0 Å². The molecule has 0 radical (unpaired) electrons. The number of aryl methyl sites for hydroxylation is 2. The molecule has 1 aliphatic heterocycles. The molecule has 2 aromatic rings. The number of anilines is 2. The number of nitrogens with zero attached hydrogens (tertiary/aromatic N) is 2. The molecule has 1 aliphatic rings. The Morgan fingerprint density at radius 3 is 0.886 bits per heavy atom. The predicted octanol–water partition coefficient (Wildman–Crippen LogP) is 9.25. The highest BCUT2D eigenvalue weighted by Crippen LogP contribution is 2.45. The van der Waals surface area contributed by atoms with Crippen LogP contribution in [0.2, 0.25) is 0 Å². The van der Waals surface area contributed by atoms with E-state index in [2.05, 4.69) is 143 Å². The average Bonchev–Trinajstić information content (AvgIpc) is 3.13. The zero-order chi connectivity index (χ0) is 26.7. The standard InChI is InChI=1S/C33H50N2/c1-22-17-24(30(3,4)5)28(25(18-22)31(6,7)8)34-15-16-35(21-34)29-26(32(9,10)11)19-23(2)20-27(29)33(12,13)14/h15-20H,21H2,1-14H3. The Kier molecular flexibility index (Phi) is 6.81. The van der Waals surface area contributed by atoms with Crippen molar-refractivity contribution < 1.29 is 0 Å². The summed E-state index contributed by atoms with van der Waals surface area (Å²) < 4.78 is 0. The van der Waals surface area contributed by atoms with E-state index in [0.29, 0.717) is 0 Å². The van der Waals surface area contributed by atoms with Crippen molar-refractivity contribution >= 4 is 11.4 Å². The lowest BCUT2D eigenvalue weighted by Crippen LogP contribution is -2.33. The van der Waals surface area contributed by atoms with E-state index in [1.54, 1.807) is 0 Å². The SMILES string of the molecule is Cc1cc(C(C)(C)C)c(N2C=CN(c3c(C(C)(C)C)cc(C)cc3C(C)(C)C)C2)c(C(C)(C)C)c1. The first kappa shape index (κ1) is 27.4. The van der Waals surface area contributed by atoms with E-state index in [-0.39, 0.29) is 21.7 Å². The van der Waals surface area contributed by atoms with E-state index < -0.39 is 0 Å². The fourth-order valence-corrected chi connectivity index (χ4v) is 5.17. The minimum atomic E-state index is 0.0552. The average molecular weight is 475 g/mol. The first-order chi connectivity index (χ1) is 15.7. The summed E-state index contributed by atoms with van der Waals surface area (Å²) in [4.78, 5) is 4.97. The van der Waals surface area contributed by atoms with Crippen molar-refractivity contribution in [3.8, 4) is 0 Å². The highest BCUT2D eigenvalue weighted by atomic mass is 15.3. The van der Waals surface area contributed by atoms with Crippen LogP contribution >= 0.6 is 0 Å². The van der Waals surface area contributed by atoms with Gasteiger partial charge < -0.3 is 9.80 Å². The molecular formula is C33H50N2. The summed E-state index contributed by atoms with van der Waals surface area (Å²) in [5, 5.41) is 0. The maximum Gasteiger partial charge on any atom is 0.0989 e. The minimum Gasteiger partial charge on any atom is -0.327 e. The van der Waals surface area contributed by atoms with E-state index >= 15 is 0 Å². The van der Waals surface area contributed by atoms with Crippen LogP contribution in [0, 0.1) is 13.8 Å². The van der Waals surface area contributed by atoms with Crippen LogP contribution in [-0.2, 0) is 21.7 Å². The van der Waals surface area contributed by atoms with Gasteiger partial charge in [0.1, 0.15) is 0 Å². The molecule has 0 fully saturated rings. The molecule has 0 saturated heterocycles. The Morgan fingerprint density at radius 2 is 0.686 bits per heavy atom. The van der Waals surface area contributed by atoms with Crippen molar-refractivity contribution in [1.82, 2.24) is 0 Å². The van der Waals surface area contributed by atoms with Gasteiger partial charge >= 0.3 is 0 Å². The van der Waals surface area contributed by atoms with Crippen LogP contribution in [0.4, 0.5) is 11.4 Å². The van der Waals surface area contributed by atoms with Crippen molar-refractivity contribution in [2.45, 2.75) is 119 Å². The largest absolute Gasteiger partial charge is 0.327 e. The van der Waals surface area contributed by atoms with Gasteiger partial charge in [0, 0.05) is 23.8 Å². The van der Waals surface area contributed by atoms with Gasteiger partial charge in [-0.05, 0) is 57.8 Å². The maximum atomic E-state index is 2.49. The van der Waals surface area contributed by atoms with Gasteiger partial charge in [-0.2, -0.15) is 0 Å². The first-order valence-electron chi connectivity index (χ1n) is 13.2. The van der Waals surface area contributed by atoms with Gasteiger partial charge in [-0.1, -0.05) is 118 Å². The molecule has 0 aliphatic carbocycles. The van der Waals surface area contributed by atoms with Crippen LogP contribution in [0.15, 0.2) is 36.7 Å². The van der Waals surface area contributed by atoms with Crippen LogP contribution in [0.3, 0.4) is 0 Å². The third-order valence-corrected chi connectivity index (χ3v) is 7.05. The summed E-state index contributed by atoms with van der Waals surface area (Å²) in [5.41, 5.74) is 11.3. The second kappa shape index (κ2) is 8.71.